The van der Waals surface area contributed by atoms with Crippen LogP contribution >= 0.6 is 11.6 Å². The molecule has 1 amide bonds. The standard InChI is InChI=1S/C23H29ClN6O/c1-16(2)14-19-25-22(29-11-7-10-28(12-13-29)20(31)15-24)21-17(3)27-30(23(21)26-19)18-8-5-4-6-9-18/h4-6,8-9,16H,7,10-15H2,1-3H3. The number of halogens is 1. The summed E-state index contributed by atoms with van der Waals surface area (Å²) in [5, 5.41) is 5.80. The van der Waals surface area contributed by atoms with Gasteiger partial charge in [-0.25, -0.2) is 14.6 Å². The number of anilines is 1. The van der Waals surface area contributed by atoms with Crippen molar-refractivity contribution in [1.29, 1.82) is 0 Å². The maximum absolute atomic E-state index is 12.1. The number of benzene rings is 1. The average molecular weight is 441 g/mol. The number of alkyl halides is 1. The van der Waals surface area contributed by atoms with E-state index in [2.05, 4.69) is 18.7 Å². The molecule has 0 bridgehead atoms. The van der Waals surface area contributed by atoms with Crippen molar-refractivity contribution in [3.8, 4) is 5.69 Å². The van der Waals surface area contributed by atoms with Crippen LogP contribution in [0.2, 0.25) is 0 Å². The summed E-state index contributed by atoms with van der Waals surface area (Å²) in [6.45, 7) is 9.27. The molecule has 0 spiro atoms. The first-order valence-corrected chi connectivity index (χ1v) is 11.4. The zero-order valence-electron chi connectivity index (χ0n) is 18.4. The number of amides is 1. The van der Waals surface area contributed by atoms with E-state index >= 15 is 0 Å². The highest BCUT2D eigenvalue weighted by Crippen LogP contribution is 2.30. The van der Waals surface area contributed by atoms with E-state index in [9.17, 15) is 4.79 Å². The second-order valence-electron chi connectivity index (χ2n) is 8.45. The number of fused-ring (bicyclic) bond motifs is 1. The van der Waals surface area contributed by atoms with Gasteiger partial charge >= 0.3 is 0 Å². The van der Waals surface area contributed by atoms with Crippen LogP contribution in [0.15, 0.2) is 30.3 Å². The van der Waals surface area contributed by atoms with Gasteiger partial charge in [0.1, 0.15) is 17.5 Å². The van der Waals surface area contributed by atoms with E-state index in [-0.39, 0.29) is 11.8 Å². The van der Waals surface area contributed by atoms with Crippen molar-refractivity contribution < 1.29 is 4.79 Å². The zero-order chi connectivity index (χ0) is 22.0. The quantitative estimate of drug-likeness (QED) is 0.567. The first-order valence-electron chi connectivity index (χ1n) is 10.9. The zero-order valence-corrected chi connectivity index (χ0v) is 19.1. The lowest BCUT2D eigenvalue weighted by atomic mass is 10.1. The Hall–Kier alpha value is -2.67. The molecule has 0 saturated carbocycles. The Morgan fingerprint density at radius 1 is 1.10 bits per heavy atom. The third-order valence-electron chi connectivity index (χ3n) is 5.58. The van der Waals surface area contributed by atoms with Gasteiger partial charge in [-0.05, 0) is 31.4 Å². The van der Waals surface area contributed by atoms with E-state index in [0.29, 0.717) is 19.0 Å². The Bertz CT molecular complexity index is 1060. The minimum atomic E-state index is -0.00933. The topological polar surface area (TPSA) is 67.2 Å². The third-order valence-corrected chi connectivity index (χ3v) is 5.81. The highest BCUT2D eigenvalue weighted by Gasteiger charge is 2.24. The predicted molar refractivity (Wildman–Crippen MR) is 124 cm³/mol. The summed E-state index contributed by atoms with van der Waals surface area (Å²) in [6, 6.07) is 10.1. The van der Waals surface area contributed by atoms with Gasteiger partial charge in [0.2, 0.25) is 5.91 Å². The first-order chi connectivity index (χ1) is 15.0. The molecule has 3 aromatic rings. The molecule has 0 radical (unpaired) electrons. The fraction of sp³-hybridized carbons (Fsp3) is 0.478. The number of hydrogen-bond donors (Lipinski definition) is 0. The minimum absolute atomic E-state index is 0.00933. The Kier molecular flexibility index (Phi) is 6.41. The molecule has 0 aliphatic carbocycles. The molecule has 0 N–H and O–H groups in total. The van der Waals surface area contributed by atoms with Crippen LogP contribution in [0.1, 0.15) is 31.8 Å². The van der Waals surface area contributed by atoms with Crippen LogP contribution in [-0.4, -0.2) is 62.6 Å². The molecule has 3 heterocycles. The largest absolute Gasteiger partial charge is 0.354 e. The number of hydrogen-bond acceptors (Lipinski definition) is 5. The highest BCUT2D eigenvalue weighted by molar-refractivity contribution is 6.27. The van der Waals surface area contributed by atoms with E-state index in [0.717, 1.165) is 60.0 Å². The second-order valence-corrected chi connectivity index (χ2v) is 8.72. The number of rotatable bonds is 5. The second kappa shape index (κ2) is 9.22. The summed E-state index contributed by atoms with van der Waals surface area (Å²) in [7, 11) is 0. The molecular formula is C23H29ClN6O. The number of aromatic nitrogens is 4. The first kappa shape index (κ1) is 21.6. The van der Waals surface area contributed by atoms with Crippen molar-refractivity contribution >= 4 is 34.4 Å². The summed E-state index contributed by atoms with van der Waals surface area (Å²) in [4.78, 5) is 26.2. The van der Waals surface area contributed by atoms with Gasteiger partial charge in [-0.15, -0.1) is 11.6 Å². The van der Waals surface area contributed by atoms with Crippen LogP contribution in [0.25, 0.3) is 16.7 Å². The van der Waals surface area contributed by atoms with Crippen molar-refractivity contribution in [2.45, 2.75) is 33.6 Å². The molecule has 1 saturated heterocycles. The van der Waals surface area contributed by atoms with Gasteiger partial charge in [0.15, 0.2) is 5.65 Å². The predicted octanol–water partition coefficient (Wildman–Crippen LogP) is 3.60. The van der Waals surface area contributed by atoms with E-state index < -0.39 is 0 Å². The molecule has 1 aromatic carbocycles. The molecule has 1 aliphatic rings. The van der Waals surface area contributed by atoms with E-state index in [1.807, 2.05) is 46.8 Å². The Morgan fingerprint density at radius 3 is 2.58 bits per heavy atom. The number of carbonyl (C=O) groups excluding carboxylic acids is 1. The number of carbonyl (C=O) groups is 1. The normalized spacial score (nSPS) is 15.0. The highest BCUT2D eigenvalue weighted by atomic mass is 35.5. The molecule has 8 heteroatoms. The molecule has 4 rings (SSSR count). The minimum Gasteiger partial charge on any atom is -0.354 e. The van der Waals surface area contributed by atoms with Crippen LogP contribution in [-0.2, 0) is 11.2 Å². The van der Waals surface area contributed by atoms with E-state index in [1.54, 1.807) is 0 Å². The van der Waals surface area contributed by atoms with Gasteiger partial charge < -0.3 is 9.80 Å². The number of nitrogens with zero attached hydrogens (tertiary/aromatic N) is 6. The molecule has 1 fully saturated rings. The maximum Gasteiger partial charge on any atom is 0.237 e. The van der Waals surface area contributed by atoms with Crippen molar-refractivity contribution in [2.24, 2.45) is 5.92 Å². The lowest BCUT2D eigenvalue weighted by Crippen LogP contribution is -2.36. The van der Waals surface area contributed by atoms with E-state index in [1.165, 1.54) is 0 Å². The number of aryl methyl sites for hydroxylation is 1. The lowest BCUT2D eigenvalue weighted by molar-refractivity contribution is -0.128. The lowest BCUT2D eigenvalue weighted by Gasteiger charge is -2.24. The third kappa shape index (κ3) is 4.51. The van der Waals surface area contributed by atoms with Gasteiger partial charge in [-0.2, -0.15) is 5.10 Å². The van der Waals surface area contributed by atoms with Crippen molar-refractivity contribution in [3.05, 3.63) is 41.9 Å². The molecule has 7 nitrogen and oxygen atoms in total. The Labute approximate surface area is 188 Å². The fourth-order valence-corrected chi connectivity index (χ4v) is 4.27. The van der Waals surface area contributed by atoms with Gasteiger partial charge in [0.25, 0.3) is 0 Å². The summed E-state index contributed by atoms with van der Waals surface area (Å²) in [5.74, 6) is 2.21. The van der Waals surface area contributed by atoms with Gasteiger partial charge in [-0.3, -0.25) is 4.79 Å². The summed E-state index contributed by atoms with van der Waals surface area (Å²) in [6.07, 6.45) is 1.67. The van der Waals surface area contributed by atoms with E-state index in [4.69, 9.17) is 26.7 Å². The van der Waals surface area contributed by atoms with Gasteiger partial charge in [0.05, 0.1) is 16.8 Å². The van der Waals surface area contributed by atoms with Crippen molar-refractivity contribution in [2.75, 3.05) is 37.0 Å². The summed E-state index contributed by atoms with van der Waals surface area (Å²) in [5.41, 5.74) is 2.72. The van der Waals surface area contributed by atoms with Crippen LogP contribution in [0.5, 0.6) is 0 Å². The average Bonchev–Trinajstić information content (AvgIpc) is 2.94. The molecule has 31 heavy (non-hydrogen) atoms. The van der Waals surface area contributed by atoms with Crippen LogP contribution in [0.3, 0.4) is 0 Å². The van der Waals surface area contributed by atoms with Gasteiger partial charge in [0, 0.05) is 32.6 Å². The molecule has 1 aliphatic heterocycles. The van der Waals surface area contributed by atoms with Crippen molar-refractivity contribution in [1.82, 2.24) is 24.6 Å². The molecule has 0 unspecified atom stereocenters. The summed E-state index contributed by atoms with van der Waals surface area (Å²) < 4.78 is 1.92. The van der Waals surface area contributed by atoms with Crippen molar-refractivity contribution in [3.63, 3.8) is 0 Å². The summed E-state index contributed by atoms with van der Waals surface area (Å²) >= 11 is 5.78. The van der Waals surface area contributed by atoms with Crippen LogP contribution < -0.4 is 4.90 Å². The maximum atomic E-state index is 12.1. The Morgan fingerprint density at radius 2 is 1.87 bits per heavy atom. The fourth-order valence-electron chi connectivity index (χ4n) is 4.10. The van der Waals surface area contributed by atoms with Crippen LogP contribution in [0.4, 0.5) is 5.82 Å². The Balaban J connectivity index is 1.80. The SMILES string of the molecule is Cc1nn(-c2ccccc2)c2nc(CC(C)C)nc(N3CCCN(C(=O)CCl)CC3)c12. The number of para-hydroxylation sites is 1. The molecule has 0 atom stereocenters. The molecular weight excluding hydrogens is 412 g/mol. The smallest absolute Gasteiger partial charge is 0.237 e. The monoisotopic (exact) mass is 440 g/mol. The molecule has 164 valence electrons. The molecule has 2 aromatic heterocycles. The van der Waals surface area contributed by atoms with Crippen LogP contribution in [0, 0.1) is 12.8 Å². The van der Waals surface area contributed by atoms with Gasteiger partial charge in [-0.1, -0.05) is 32.0 Å².